The lowest BCUT2D eigenvalue weighted by molar-refractivity contribution is 0.664. The first kappa shape index (κ1) is 5.46. The second-order valence-corrected chi connectivity index (χ2v) is 0.789. The normalized spacial score (nSPS) is 9.67. The topological polar surface area (TPSA) is 50.1 Å². The Morgan fingerprint density at radius 1 is 1.67 bits per heavy atom. The van der Waals surface area contributed by atoms with Crippen LogP contribution in [0.15, 0.2) is 12.3 Å². The molecule has 0 rings (SSSR count). The van der Waals surface area contributed by atoms with Crippen molar-refractivity contribution in [1.29, 1.82) is 0 Å². The SMILES string of the molecule is C/C=C\NNN. The van der Waals surface area contributed by atoms with Crippen LogP contribution in [0.2, 0.25) is 0 Å². The molecular formula is C3H9N3. The highest BCUT2D eigenvalue weighted by Crippen LogP contribution is 1.53. The molecule has 0 atom stereocenters. The molecule has 3 heteroatoms. The van der Waals surface area contributed by atoms with Crippen molar-refractivity contribution >= 4 is 0 Å². The smallest absolute Gasteiger partial charge is 0.00958 e. The van der Waals surface area contributed by atoms with Gasteiger partial charge in [-0.1, -0.05) is 6.08 Å². The van der Waals surface area contributed by atoms with Gasteiger partial charge in [-0.25, -0.2) is 0 Å². The van der Waals surface area contributed by atoms with Crippen molar-refractivity contribution in [3.8, 4) is 0 Å². The molecule has 0 unspecified atom stereocenters. The van der Waals surface area contributed by atoms with E-state index in [-0.39, 0.29) is 0 Å². The molecular weight excluding hydrogens is 78.1 g/mol. The lowest BCUT2D eigenvalue weighted by atomic mass is 10.7. The van der Waals surface area contributed by atoms with Crippen LogP contribution >= 0.6 is 0 Å². The fourth-order valence-corrected chi connectivity index (χ4v) is 0.131. The van der Waals surface area contributed by atoms with Gasteiger partial charge in [-0.05, 0) is 6.92 Å². The molecule has 0 saturated carbocycles. The minimum Gasteiger partial charge on any atom is -0.316 e. The highest BCUT2D eigenvalue weighted by atomic mass is 15.5. The van der Waals surface area contributed by atoms with Crippen molar-refractivity contribution in [2.45, 2.75) is 6.92 Å². The zero-order chi connectivity index (χ0) is 4.83. The van der Waals surface area contributed by atoms with Crippen molar-refractivity contribution in [3.05, 3.63) is 12.3 Å². The molecule has 0 aromatic carbocycles. The lowest BCUT2D eigenvalue weighted by Gasteiger charge is -1.89. The Balaban J connectivity index is 2.66. The summed E-state index contributed by atoms with van der Waals surface area (Å²) >= 11 is 0. The van der Waals surface area contributed by atoms with Crippen LogP contribution in [0.1, 0.15) is 6.92 Å². The third-order valence-corrected chi connectivity index (χ3v) is 0.333. The zero-order valence-electron chi connectivity index (χ0n) is 3.73. The molecule has 0 bridgehead atoms. The number of allylic oxidation sites excluding steroid dienone is 1. The Hall–Kier alpha value is -0.540. The fourth-order valence-electron chi connectivity index (χ4n) is 0.131. The maximum atomic E-state index is 4.80. The largest absolute Gasteiger partial charge is 0.316 e. The van der Waals surface area contributed by atoms with E-state index in [9.17, 15) is 0 Å². The third kappa shape index (κ3) is 3.46. The van der Waals surface area contributed by atoms with Gasteiger partial charge < -0.3 is 5.43 Å². The zero-order valence-corrected chi connectivity index (χ0v) is 3.73. The molecule has 0 aliphatic rings. The van der Waals surface area contributed by atoms with Crippen LogP contribution < -0.4 is 16.8 Å². The summed E-state index contributed by atoms with van der Waals surface area (Å²) in [6.45, 7) is 1.89. The lowest BCUT2D eigenvalue weighted by Crippen LogP contribution is -2.33. The van der Waals surface area contributed by atoms with Gasteiger partial charge in [-0.15, -0.1) is 0 Å². The van der Waals surface area contributed by atoms with E-state index in [0.717, 1.165) is 0 Å². The first-order valence-corrected chi connectivity index (χ1v) is 1.74. The van der Waals surface area contributed by atoms with E-state index in [1.165, 1.54) is 0 Å². The van der Waals surface area contributed by atoms with E-state index in [0.29, 0.717) is 0 Å². The maximum absolute atomic E-state index is 4.80. The van der Waals surface area contributed by atoms with E-state index < -0.39 is 0 Å². The molecule has 0 heterocycles. The Labute approximate surface area is 37.2 Å². The van der Waals surface area contributed by atoms with Crippen LogP contribution in [0, 0.1) is 0 Å². The predicted molar refractivity (Wildman–Crippen MR) is 25.3 cm³/mol. The molecule has 4 N–H and O–H groups in total. The summed E-state index contributed by atoms with van der Waals surface area (Å²) in [7, 11) is 0. The Morgan fingerprint density at radius 2 is 2.33 bits per heavy atom. The average molecular weight is 87.1 g/mol. The van der Waals surface area contributed by atoms with Crippen LogP contribution in [-0.4, -0.2) is 0 Å². The minimum absolute atomic E-state index is 1.69. The number of hydrogen-bond donors (Lipinski definition) is 3. The molecule has 36 valence electrons. The standard InChI is InChI=1S/C3H9N3/c1-2-3-5-6-4/h2-3,5-6H,4H2,1H3/b3-2-. The number of nitrogens with two attached hydrogens (primary N) is 1. The number of hydrogen-bond acceptors (Lipinski definition) is 3. The average Bonchev–Trinajstić information content (AvgIpc) is 1.61. The van der Waals surface area contributed by atoms with Crippen molar-refractivity contribution in [2.75, 3.05) is 0 Å². The van der Waals surface area contributed by atoms with Crippen LogP contribution in [0.4, 0.5) is 0 Å². The van der Waals surface area contributed by atoms with Crippen LogP contribution in [0.5, 0.6) is 0 Å². The molecule has 0 saturated heterocycles. The van der Waals surface area contributed by atoms with E-state index in [4.69, 9.17) is 5.84 Å². The summed E-state index contributed by atoms with van der Waals surface area (Å²) in [5, 5.41) is 0. The summed E-state index contributed by atoms with van der Waals surface area (Å²) in [6.07, 6.45) is 3.53. The van der Waals surface area contributed by atoms with Crippen LogP contribution in [0.3, 0.4) is 0 Å². The van der Waals surface area contributed by atoms with E-state index in [1.54, 1.807) is 6.20 Å². The predicted octanol–water partition coefficient (Wildman–Crippen LogP) is -0.512. The summed E-state index contributed by atoms with van der Waals surface area (Å²) in [6, 6.07) is 0. The van der Waals surface area contributed by atoms with Gasteiger partial charge in [0.2, 0.25) is 0 Å². The van der Waals surface area contributed by atoms with Gasteiger partial charge in [-0.3, -0.25) is 5.84 Å². The van der Waals surface area contributed by atoms with Gasteiger partial charge in [0.25, 0.3) is 0 Å². The Morgan fingerprint density at radius 3 is 2.50 bits per heavy atom. The summed E-state index contributed by atoms with van der Waals surface area (Å²) in [5.74, 6) is 4.80. The molecule has 0 aromatic heterocycles. The number of rotatable bonds is 2. The Kier molecular flexibility index (Phi) is 4.06. The van der Waals surface area contributed by atoms with Crippen LogP contribution in [-0.2, 0) is 0 Å². The molecule has 3 nitrogen and oxygen atoms in total. The fraction of sp³-hybridized carbons (Fsp3) is 0.333. The van der Waals surface area contributed by atoms with E-state index >= 15 is 0 Å². The molecule has 0 aromatic rings. The highest BCUT2D eigenvalue weighted by Gasteiger charge is 1.54. The highest BCUT2D eigenvalue weighted by molar-refractivity contribution is 4.69. The second-order valence-electron chi connectivity index (χ2n) is 0.789. The van der Waals surface area contributed by atoms with Crippen molar-refractivity contribution in [1.82, 2.24) is 11.0 Å². The molecule has 0 radical (unpaired) electrons. The van der Waals surface area contributed by atoms with Gasteiger partial charge in [-0.2, -0.15) is 5.53 Å². The molecule has 0 aliphatic carbocycles. The molecule has 0 aliphatic heterocycles. The summed E-state index contributed by atoms with van der Waals surface area (Å²) in [5.41, 5.74) is 4.78. The molecule has 0 amide bonds. The van der Waals surface area contributed by atoms with Gasteiger partial charge in [0.05, 0.1) is 0 Å². The number of nitrogens with one attached hydrogen (secondary N) is 2. The van der Waals surface area contributed by atoms with Gasteiger partial charge >= 0.3 is 0 Å². The summed E-state index contributed by atoms with van der Waals surface area (Å²) in [4.78, 5) is 0. The van der Waals surface area contributed by atoms with Crippen molar-refractivity contribution < 1.29 is 0 Å². The first-order valence-electron chi connectivity index (χ1n) is 1.74. The van der Waals surface area contributed by atoms with Gasteiger partial charge in [0.15, 0.2) is 0 Å². The first-order chi connectivity index (χ1) is 2.91. The summed E-state index contributed by atoms with van der Waals surface area (Å²) < 4.78 is 0. The molecule has 6 heavy (non-hydrogen) atoms. The molecule has 0 spiro atoms. The van der Waals surface area contributed by atoms with E-state index in [2.05, 4.69) is 11.0 Å². The quantitative estimate of drug-likeness (QED) is 0.314. The van der Waals surface area contributed by atoms with Crippen LogP contribution in [0.25, 0.3) is 0 Å². The Bertz CT molecular complexity index is 41.3. The minimum atomic E-state index is 1.69. The molecule has 0 fully saturated rings. The second kappa shape index (κ2) is 4.46. The number of hydrazine groups is 2. The van der Waals surface area contributed by atoms with Crippen molar-refractivity contribution in [3.63, 3.8) is 0 Å². The van der Waals surface area contributed by atoms with Gasteiger partial charge in [0, 0.05) is 6.20 Å². The van der Waals surface area contributed by atoms with Crippen molar-refractivity contribution in [2.24, 2.45) is 5.84 Å². The maximum Gasteiger partial charge on any atom is 0.00958 e. The van der Waals surface area contributed by atoms with E-state index in [1.807, 2.05) is 13.0 Å². The van der Waals surface area contributed by atoms with Gasteiger partial charge in [0.1, 0.15) is 0 Å². The monoisotopic (exact) mass is 87.1 g/mol. The third-order valence-electron chi connectivity index (χ3n) is 0.333.